The Balaban J connectivity index is 1.37. The molecule has 2 saturated heterocycles. The van der Waals surface area contributed by atoms with Gasteiger partial charge in [0.05, 0.1) is 0 Å². The third kappa shape index (κ3) is 3.12. The lowest BCUT2D eigenvalue weighted by Gasteiger charge is -2.33. The summed E-state index contributed by atoms with van der Waals surface area (Å²) in [6.45, 7) is 10.1. The predicted molar refractivity (Wildman–Crippen MR) is 103 cm³/mol. The summed E-state index contributed by atoms with van der Waals surface area (Å²) in [6.07, 6.45) is 5.18. The lowest BCUT2D eigenvalue weighted by Crippen LogP contribution is -2.36. The lowest BCUT2D eigenvalue weighted by molar-refractivity contribution is -0.123. The van der Waals surface area contributed by atoms with Crippen molar-refractivity contribution in [3.63, 3.8) is 0 Å². The summed E-state index contributed by atoms with van der Waals surface area (Å²) < 4.78 is 0. The number of likely N-dealkylation sites (tertiary alicyclic amines) is 1. The number of Topliss-reactive ketones (excluding diaryl/α,β-unsaturated/α-hetero) is 1. The summed E-state index contributed by atoms with van der Waals surface area (Å²) in [5, 5.41) is 0. The smallest absolute Gasteiger partial charge is 0.136 e. The molecule has 3 aliphatic rings. The number of hydrogen-bond donors (Lipinski definition) is 0. The van der Waals surface area contributed by atoms with Crippen LogP contribution >= 0.6 is 0 Å². The number of likely N-dealkylation sites (N-methyl/N-ethyl adjacent to an activating group) is 1. The molecule has 0 amide bonds. The van der Waals surface area contributed by atoms with Crippen LogP contribution in [0.25, 0.3) is 0 Å². The summed E-state index contributed by atoms with van der Waals surface area (Å²) in [6, 6.07) is 9.40. The molecule has 1 saturated carbocycles. The van der Waals surface area contributed by atoms with Gasteiger partial charge < -0.3 is 9.80 Å². The largest absolute Gasteiger partial charge is 0.371 e. The number of ketones is 1. The number of carbonyl (C=O) groups is 1. The second-order valence-corrected chi connectivity index (χ2v) is 8.41. The van der Waals surface area contributed by atoms with Crippen molar-refractivity contribution in [2.24, 2.45) is 11.8 Å². The van der Waals surface area contributed by atoms with Crippen LogP contribution in [0.5, 0.6) is 0 Å². The SMILES string of the molecule is CCCC(=O)C1CCN(c2ccc(C34CC3CN(CC)C4)cc2)CC1. The van der Waals surface area contributed by atoms with E-state index in [2.05, 4.69) is 47.9 Å². The van der Waals surface area contributed by atoms with E-state index >= 15 is 0 Å². The Hall–Kier alpha value is -1.35. The van der Waals surface area contributed by atoms with Crippen LogP contribution in [0.1, 0.15) is 51.5 Å². The van der Waals surface area contributed by atoms with E-state index in [0.717, 1.165) is 44.7 Å². The van der Waals surface area contributed by atoms with Crippen molar-refractivity contribution in [3.05, 3.63) is 29.8 Å². The van der Waals surface area contributed by atoms with Crippen LogP contribution < -0.4 is 4.90 Å². The van der Waals surface area contributed by atoms with Gasteiger partial charge in [-0.15, -0.1) is 0 Å². The van der Waals surface area contributed by atoms with Gasteiger partial charge in [0.1, 0.15) is 5.78 Å². The van der Waals surface area contributed by atoms with E-state index in [-0.39, 0.29) is 0 Å². The molecule has 3 heteroatoms. The van der Waals surface area contributed by atoms with Gasteiger partial charge in [-0.1, -0.05) is 26.0 Å². The molecule has 1 aromatic carbocycles. The monoisotopic (exact) mass is 340 g/mol. The highest BCUT2D eigenvalue weighted by Crippen LogP contribution is 2.59. The van der Waals surface area contributed by atoms with Crippen LogP contribution in [-0.2, 0) is 10.2 Å². The van der Waals surface area contributed by atoms with E-state index in [9.17, 15) is 4.79 Å². The maximum atomic E-state index is 12.1. The van der Waals surface area contributed by atoms with E-state index in [1.165, 1.54) is 31.7 Å². The Kier molecular flexibility index (Phi) is 4.61. The third-order valence-corrected chi connectivity index (χ3v) is 6.92. The molecule has 25 heavy (non-hydrogen) atoms. The topological polar surface area (TPSA) is 23.6 Å². The molecule has 136 valence electrons. The molecule has 2 unspecified atom stereocenters. The molecule has 2 atom stereocenters. The molecule has 2 aliphatic heterocycles. The van der Waals surface area contributed by atoms with Gasteiger partial charge in [0.25, 0.3) is 0 Å². The molecule has 0 radical (unpaired) electrons. The molecule has 1 aliphatic carbocycles. The summed E-state index contributed by atoms with van der Waals surface area (Å²) in [5.41, 5.74) is 3.35. The van der Waals surface area contributed by atoms with Gasteiger partial charge >= 0.3 is 0 Å². The number of nitrogens with zero attached hydrogens (tertiary/aromatic N) is 2. The number of hydrogen-bond acceptors (Lipinski definition) is 3. The minimum absolute atomic E-state index is 0.306. The second-order valence-electron chi connectivity index (χ2n) is 8.41. The molecule has 0 bridgehead atoms. The quantitative estimate of drug-likeness (QED) is 0.785. The summed E-state index contributed by atoms with van der Waals surface area (Å²) in [4.78, 5) is 17.2. The first kappa shape index (κ1) is 17.1. The minimum atomic E-state index is 0.306. The maximum absolute atomic E-state index is 12.1. The molecule has 3 fully saturated rings. The molecule has 2 heterocycles. The Labute approximate surface area is 152 Å². The zero-order valence-electron chi connectivity index (χ0n) is 15.8. The fourth-order valence-electron chi connectivity index (χ4n) is 5.19. The zero-order valence-corrected chi connectivity index (χ0v) is 15.8. The van der Waals surface area contributed by atoms with Crippen LogP contribution in [0.2, 0.25) is 0 Å². The Morgan fingerprint density at radius 2 is 1.88 bits per heavy atom. The van der Waals surface area contributed by atoms with Crippen molar-refractivity contribution in [2.75, 3.05) is 37.6 Å². The number of benzene rings is 1. The van der Waals surface area contributed by atoms with Crippen molar-refractivity contribution in [1.82, 2.24) is 4.90 Å². The van der Waals surface area contributed by atoms with Crippen molar-refractivity contribution in [1.29, 1.82) is 0 Å². The highest BCUT2D eigenvalue weighted by Gasteiger charge is 2.60. The molecular weight excluding hydrogens is 308 g/mol. The number of piperidine rings is 2. The second kappa shape index (κ2) is 6.75. The molecule has 4 rings (SSSR count). The molecule has 0 aromatic heterocycles. The van der Waals surface area contributed by atoms with Crippen molar-refractivity contribution >= 4 is 11.5 Å². The first-order valence-corrected chi connectivity index (χ1v) is 10.3. The molecular formula is C22H32N2O. The van der Waals surface area contributed by atoms with Crippen LogP contribution in [-0.4, -0.2) is 43.4 Å². The fraction of sp³-hybridized carbons (Fsp3) is 0.682. The van der Waals surface area contributed by atoms with E-state index in [1.807, 2.05) is 0 Å². The Bertz CT molecular complexity index is 617. The van der Waals surface area contributed by atoms with Crippen molar-refractivity contribution < 1.29 is 4.79 Å². The standard InChI is InChI=1S/C22H32N2O/c1-3-5-21(25)17-10-12-24(13-11-17)20-8-6-18(7-9-20)22-14-19(22)15-23(4-2)16-22/h6-9,17,19H,3-5,10-16H2,1-2H3. The molecule has 1 aromatic rings. The van der Waals surface area contributed by atoms with E-state index in [1.54, 1.807) is 5.56 Å². The maximum Gasteiger partial charge on any atom is 0.136 e. The van der Waals surface area contributed by atoms with Crippen LogP contribution in [0.3, 0.4) is 0 Å². The highest BCUT2D eigenvalue weighted by atomic mass is 16.1. The average molecular weight is 341 g/mol. The zero-order chi connectivity index (χ0) is 17.4. The van der Waals surface area contributed by atoms with Gasteiger partial charge in [0.15, 0.2) is 0 Å². The van der Waals surface area contributed by atoms with E-state index < -0.39 is 0 Å². The minimum Gasteiger partial charge on any atom is -0.371 e. The predicted octanol–water partition coefficient (Wildman–Crippen LogP) is 3.87. The molecule has 0 spiro atoms. The van der Waals surface area contributed by atoms with Gasteiger partial charge in [0.2, 0.25) is 0 Å². The number of rotatable bonds is 6. The highest BCUT2D eigenvalue weighted by molar-refractivity contribution is 5.81. The third-order valence-electron chi connectivity index (χ3n) is 6.92. The van der Waals surface area contributed by atoms with Gasteiger partial charge in [-0.25, -0.2) is 0 Å². The first-order chi connectivity index (χ1) is 12.2. The Morgan fingerprint density at radius 1 is 1.16 bits per heavy atom. The molecule has 3 nitrogen and oxygen atoms in total. The van der Waals surface area contributed by atoms with E-state index in [0.29, 0.717) is 17.1 Å². The van der Waals surface area contributed by atoms with Gasteiger partial charge in [0, 0.05) is 49.6 Å². The molecule has 0 N–H and O–H groups in total. The van der Waals surface area contributed by atoms with Crippen LogP contribution in [0, 0.1) is 11.8 Å². The number of fused-ring (bicyclic) bond motifs is 1. The van der Waals surface area contributed by atoms with Gasteiger partial charge in [-0.05, 0) is 55.8 Å². The summed E-state index contributed by atoms with van der Waals surface area (Å²) in [5.74, 6) is 1.68. The fourth-order valence-corrected chi connectivity index (χ4v) is 5.19. The Morgan fingerprint density at radius 3 is 2.48 bits per heavy atom. The number of carbonyl (C=O) groups excluding carboxylic acids is 1. The lowest BCUT2D eigenvalue weighted by atomic mass is 9.90. The summed E-state index contributed by atoms with van der Waals surface area (Å²) in [7, 11) is 0. The normalized spacial score (nSPS) is 29.7. The van der Waals surface area contributed by atoms with Gasteiger partial charge in [-0.3, -0.25) is 4.79 Å². The van der Waals surface area contributed by atoms with Crippen molar-refractivity contribution in [3.8, 4) is 0 Å². The van der Waals surface area contributed by atoms with E-state index in [4.69, 9.17) is 0 Å². The van der Waals surface area contributed by atoms with Crippen LogP contribution in [0.4, 0.5) is 5.69 Å². The summed E-state index contributed by atoms with van der Waals surface area (Å²) >= 11 is 0. The number of anilines is 1. The van der Waals surface area contributed by atoms with Crippen LogP contribution in [0.15, 0.2) is 24.3 Å². The van der Waals surface area contributed by atoms with Crippen molar-refractivity contribution in [2.45, 2.75) is 51.4 Å². The van der Waals surface area contributed by atoms with Gasteiger partial charge in [-0.2, -0.15) is 0 Å². The first-order valence-electron chi connectivity index (χ1n) is 10.3. The average Bonchev–Trinajstić information content (AvgIpc) is 3.23.